The second-order valence-corrected chi connectivity index (χ2v) is 28.1. The van der Waals surface area contributed by atoms with Crippen LogP contribution in [0.3, 0.4) is 0 Å². The average Bonchev–Trinajstić information content (AvgIpc) is 0.779. The van der Waals surface area contributed by atoms with Crippen molar-refractivity contribution in [3.05, 3.63) is 319 Å². The fourth-order valence-electron chi connectivity index (χ4n) is 10.9. The van der Waals surface area contributed by atoms with Crippen molar-refractivity contribution in [2.75, 3.05) is 0 Å². The van der Waals surface area contributed by atoms with Crippen LogP contribution < -0.4 is 0 Å². The Hall–Kier alpha value is -12.3. The van der Waals surface area contributed by atoms with Crippen molar-refractivity contribution in [3.8, 4) is 88.3 Å². The molecule has 522 valence electrons. The molecule has 6 atom stereocenters. The molecule has 105 heavy (non-hydrogen) atoms. The van der Waals surface area contributed by atoms with Gasteiger partial charge in [0.15, 0.2) is 0 Å². The van der Waals surface area contributed by atoms with Gasteiger partial charge in [-0.2, -0.15) is 0 Å². The van der Waals surface area contributed by atoms with Crippen LogP contribution >= 0.6 is 0 Å². The average molecular weight is 1380 g/mol. The minimum Gasteiger partial charge on any atom is -0.506 e. The first-order valence-electron chi connectivity index (χ1n) is 34.2. The maximum atomic E-state index is 13.0. The summed E-state index contributed by atoms with van der Waals surface area (Å²) in [6, 6.07) is 64.3. The van der Waals surface area contributed by atoms with Gasteiger partial charge >= 0.3 is 0 Å². The van der Waals surface area contributed by atoms with Crippen LogP contribution in [0.1, 0.15) is 199 Å². The molecule has 1 unspecified atom stereocenters. The summed E-state index contributed by atoms with van der Waals surface area (Å²) >= 11 is 0. The van der Waals surface area contributed by atoms with E-state index in [9.17, 15) is 46.0 Å². The van der Waals surface area contributed by atoms with Crippen molar-refractivity contribution in [1.82, 2.24) is 0 Å². The summed E-state index contributed by atoms with van der Waals surface area (Å²) in [5.41, 5.74) is 4.86. The maximum Gasteiger partial charge on any atom is 0.140 e. The number of benzene rings is 10. The third-order valence-corrected chi connectivity index (χ3v) is 17.2. The van der Waals surface area contributed by atoms with Gasteiger partial charge in [-0.15, -0.1) is 0 Å². The minimum atomic E-state index is -1.25. The predicted octanol–water partition coefficient (Wildman–Crippen LogP) is 16.5. The largest absolute Gasteiger partial charge is 0.506 e. The Bertz CT molecular complexity index is 4490. The molecule has 10 rings (SSSR count). The first-order valence-corrected chi connectivity index (χ1v) is 34.2. The van der Waals surface area contributed by atoms with Crippen molar-refractivity contribution in [3.63, 3.8) is 0 Å². The number of aliphatic hydroxyl groups is 6. The number of hydrogen-bond donors (Lipinski definition) is 9. The summed E-state index contributed by atoms with van der Waals surface area (Å²) in [6.07, 6.45) is -3.98. The van der Waals surface area contributed by atoms with E-state index in [2.05, 4.69) is 71.0 Å². The first kappa shape index (κ1) is 75.4. The van der Waals surface area contributed by atoms with E-state index in [-0.39, 0.29) is 67.1 Å². The lowest BCUT2D eigenvalue weighted by Crippen LogP contribution is -2.12. The lowest BCUT2D eigenvalue weighted by atomic mass is 9.84. The predicted molar refractivity (Wildman–Crippen MR) is 418 cm³/mol. The Morgan fingerprint density at radius 2 is 0.410 bits per heavy atom. The van der Waals surface area contributed by atoms with Crippen LogP contribution in [0.2, 0.25) is 0 Å². The monoisotopic (exact) mass is 1380 g/mol. The molecular weight excluding hydrogens is 1300 g/mol. The number of rotatable bonds is 12. The van der Waals surface area contributed by atoms with E-state index in [1.54, 1.807) is 146 Å². The van der Waals surface area contributed by atoms with Gasteiger partial charge in [0.2, 0.25) is 0 Å². The summed E-state index contributed by atoms with van der Waals surface area (Å²) in [7, 11) is 0. The zero-order valence-corrected chi connectivity index (χ0v) is 59.8. The smallest absolute Gasteiger partial charge is 0.140 e. The van der Waals surface area contributed by atoms with Gasteiger partial charge in [-0.05, 0) is 103 Å². The third-order valence-electron chi connectivity index (χ3n) is 17.2. The van der Waals surface area contributed by atoms with Gasteiger partial charge in [-0.1, -0.05) is 315 Å². The fraction of sp³-hybridized carbons (Fsp3) is 0.194. The van der Waals surface area contributed by atoms with E-state index in [4.69, 9.17) is 15.0 Å². The summed E-state index contributed by atoms with van der Waals surface area (Å²) in [6.45, 7) is 18.1. The lowest BCUT2D eigenvalue weighted by Gasteiger charge is -2.21. The van der Waals surface area contributed by atoms with E-state index >= 15 is 0 Å². The van der Waals surface area contributed by atoms with Gasteiger partial charge in [0, 0.05) is 18.6 Å². The number of aliphatic hydroxyl groups excluding tert-OH is 6. The zero-order valence-electron chi connectivity index (χ0n) is 59.8. The number of phenols is 3. The Morgan fingerprint density at radius 3 is 0.552 bits per heavy atom. The number of aromatic hydroxyl groups is 3. The van der Waals surface area contributed by atoms with E-state index in [1.165, 1.54) is 18.6 Å². The van der Waals surface area contributed by atoms with E-state index in [0.29, 0.717) is 33.4 Å². The summed E-state index contributed by atoms with van der Waals surface area (Å²) in [5.74, 6) is 34.5. The summed E-state index contributed by atoms with van der Waals surface area (Å²) in [5, 5.41) is 108. The van der Waals surface area contributed by atoms with Gasteiger partial charge in [-0.3, -0.25) is 15.0 Å². The van der Waals surface area contributed by atoms with Crippen molar-refractivity contribution >= 4 is 35.7 Å². The molecule has 0 fully saturated rings. The molecule has 0 bridgehead atoms. The molecule has 0 aliphatic rings. The molecule has 0 saturated heterocycles. The standard InChI is InChI=1S/C93H81N3O9/c1-91(2,3)73-52-67(40-46-79(97)61-28-16-10-17-29-61)85(68(53-73)41-47-80(98)62-30-18-11-19-31-62)94-58-76-88(103)77(59-95-86-69(42-48-81(99)63-32-20-12-21-33-63)54-74(92(4,5)6)55-70(86)43-49-82(100)64-34-22-13-23-35-64)90(105)78(89(76)104)60-96-87-71(44-50-83(101)65-36-24-14-25-37-65)56-75(93(7,8)9)57-72(87)45-51-84(102)66-38-26-15-27-39-66/h10-39,52-60,79-84,97-105H,1-9H3/t79-,80-,81-,82-,83-,84?/m0/s1. The normalized spacial score (nSPS) is 13.2. The van der Waals surface area contributed by atoms with E-state index in [1.807, 2.05) is 135 Å². The Balaban J connectivity index is 1.27. The molecule has 12 nitrogen and oxygen atoms in total. The molecule has 0 spiro atoms. The number of hydrogen-bond acceptors (Lipinski definition) is 12. The third kappa shape index (κ3) is 19.5. The molecule has 0 aliphatic heterocycles. The Kier molecular flexibility index (Phi) is 24.2. The van der Waals surface area contributed by atoms with Crippen molar-refractivity contribution in [2.24, 2.45) is 15.0 Å². The highest BCUT2D eigenvalue weighted by molar-refractivity contribution is 6.05. The van der Waals surface area contributed by atoms with Crippen LogP contribution in [-0.4, -0.2) is 64.6 Å². The van der Waals surface area contributed by atoms with Gasteiger partial charge in [0.25, 0.3) is 0 Å². The van der Waals surface area contributed by atoms with Crippen molar-refractivity contribution < 1.29 is 46.0 Å². The second-order valence-electron chi connectivity index (χ2n) is 28.1. The van der Waals surface area contributed by atoms with Crippen molar-refractivity contribution in [1.29, 1.82) is 0 Å². The molecule has 10 aromatic rings. The Morgan fingerprint density at radius 1 is 0.257 bits per heavy atom. The number of nitrogens with zero attached hydrogens (tertiary/aromatic N) is 3. The number of phenolic OH excluding ortho intramolecular Hbond substituents is 3. The highest BCUT2D eigenvalue weighted by Crippen LogP contribution is 2.43. The molecule has 9 N–H and O–H groups in total. The summed E-state index contributed by atoms with van der Waals surface area (Å²) < 4.78 is 0. The van der Waals surface area contributed by atoms with Crippen LogP contribution in [0, 0.1) is 71.0 Å². The number of aliphatic imine (C=N–C) groups is 3. The van der Waals surface area contributed by atoms with Crippen LogP contribution in [0.4, 0.5) is 17.1 Å². The molecule has 0 saturated carbocycles. The molecular formula is C93H81N3O9. The molecule has 10 aromatic carbocycles. The van der Waals surface area contributed by atoms with Crippen molar-refractivity contribution in [2.45, 2.75) is 115 Å². The summed E-state index contributed by atoms with van der Waals surface area (Å²) in [4.78, 5) is 15.0. The highest BCUT2D eigenvalue weighted by Gasteiger charge is 2.26. The lowest BCUT2D eigenvalue weighted by molar-refractivity contribution is 0.238. The highest BCUT2D eigenvalue weighted by atomic mass is 16.3. The quantitative estimate of drug-likeness (QED) is 0.0419. The molecule has 0 heterocycles. The van der Waals surface area contributed by atoms with Gasteiger partial charge in [0.1, 0.15) is 53.9 Å². The zero-order chi connectivity index (χ0) is 75.0. The van der Waals surface area contributed by atoms with Gasteiger partial charge < -0.3 is 46.0 Å². The second kappa shape index (κ2) is 33.7. The van der Waals surface area contributed by atoms with Gasteiger partial charge in [-0.25, -0.2) is 0 Å². The molecule has 0 radical (unpaired) electrons. The van der Waals surface area contributed by atoms with Gasteiger partial charge in [0.05, 0.1) is 67.1 Å². The molecule has 12 heteroatoms. The maximum absolute atomic E-state index is 13.0. The first-order chi connectivity index (χ1) is 50.2. The van der Waals surface area contributed by atoms with E-state index < -0.39 is 70.1 Å². The van der Waals surface area contributed by atoms with Crippen LogP contribution in [0.5, 0.6) is 17.2 Å². The van der Waals surface area contributed by atoms with E-state index in [0.717, 1.165) is 16.7 Å². The molecule has 0 aliphatic carbocycles. The topological polar surface area (TPSA) is 219 Å². The molecule has 0 amide bonds. The Labute approximate surface area is 615 Å². The fourth-order valence-corrected chi connectivity index (χ4v) is 10.9. The van der Waals surface area contributed by atoms with Crippen LogP contribution in [0.25, 0.3) is 0 Å². The SMILES string of the molecule is CC(C)(C)c1cc(C#CC(O)c2ccccc2)c(N=Cc2c(O)c(C=Nc3c(C#C[C@H](O)c4ccccc4)cc(C(C)(C)C)cc3C#C[C@H](O)c3ccccc3)c(O)c(C=Nc3c(C#C[C@H](O)c4ccccc4)cc(C(C)(C)C)cc3C#C[C@H](O)c3ccccc3)c2O)c(C#C[C@H](O)c2ccccc2)c1. The minimum absolute atomic E-state index is 0.113. The van der Waals surface area contributed by atoms with Crippen LogP contribution in [-0.2, 0) is 16.2 Å². The molecule has 0 aromatic heterocycles. The van der Waals surface area contributed by atoms with Crippen LogP contribution in [0.15, 0.2) is 233 Å².